The molecule has 0 unspecified atom stereocenters. The van der Waals surface area contributed by atoms with Crippen molar-refractivity contribution in [3.05, 3.63) is 48.6 Å². The highest BCUT2D eigenvalue weighted by Gasteiger charge is 2.41. The molecule has 0 N–H and O–H groups in total. The third-order valence-electron chi connectivity index (χ3n) is 4.66. The van der Waals surface area contributed by atoms with Crippen LogP contribution in [-0.2, 0) is 18.6 Å². The Bertz CT molecular complexity index is 496. The van der Waals surface area contributed by atoms with E-state index >= 15 is 0 Å². The van der Waals surface area contributed by atoms with Gasteiger partial charge in [-0.15, -0.1) is 6.58 Å². The highest BCUT2D eigenvalue weighted by atomic mass is 28.4. The van der Waals surface area contributed by atoms with Gasteiger partial charge in [-0.3, -0.25) is 0 Å². The fourth-order valence-corrected chi connectivity index (χ4v) is 3.33. The molecule has 25 heavy (non-hydrogen) atoms. The van der Waals surface area contributed by atoms with Crippen LogP contribution in [0.2, 0.25) is 18.1 Å². The van der Waals surface area contributed by atoms with E-state index in [2.05, 4.69) is 52.6 Å². The van der Waals surface area contributed by atoms with Crippen LogP contribution in [0.4, 0.5) is 0 Å². The Morgan fingerprint density at radius 1 is 1.12 bits per heavy atom. The maximum absolute atomic E-state index is 6.68. The second-order valence-electron chi connectivity index (χ2n) is 7.60. The predicted octanol–water partition coefficient (Wildman–Crippen LogP) is 4.94. The summed E-state index contributed by atoms with van der Waals surface area (Å²) in [7, 11) is -0.331. The standard InChI is InChI=1S/C20H34O4Si/c1-8-18(23-16-22-15-14-21-5)19(17-12-10-9-11-13-17)24-25(6,7)20(2,3)4/h8-13,18-19H,1,14-16H2,2-7H3/t18-,19-/m0/s1. The molecule has 142 valence electrons. The van der Waals surface area contributed by atoms with E-state index in [0.29, 0.717) is 13.2 Å². The Morgan fingerprint density at radius 3 is 2.28 bits per heavy atom. The van der Waals surface area contributed by atoms with E-state index in [4.69, 9.17) is 18.6 Å². The Labute approximate surface area is 154 Å². The third kappa shape index (κ3) is 7.03. The van der Waals surface area contributed by atoms with Crippen molar-refractivity contribution in [1.29, 1.82) is 0 Å². The highest BCUT2D eigenvalue weighted by Crippen LogP contribution is 2.41. The van der Waals surface area contributed by atoms with Crippen LogP contribution >= 0.6 is 0 Å². The van der Waals surface area contributed by atoms with Gasteiger partial charge in [0.2, 0.25) is 0 Å². The van der Waals surface area contributed by atoms with Crippen LogP contribution in [0, 0.1) is 0 Å². The molecule has 0 fully saturated rings. The summed E-state index contributed by atoms with van der Waals surface area (Å²) in [6.07, 6.45) is 1.31. The monoisotopic (exact) mass is 366 g/mol. The summed E-state index contributed by atoms with van der Waals surface area (Å²) in [6.45, 7) is 16.4. The van der Waals surface area contributed by atoms with Gasteiger partial charge in [-0.25, -0.2) is 0 Å². The third-order valence-corrected chi connectivity index (χ3v) is 9.12. The van der Waals surface area contributed by atoms with Gasteiger partial charge in [0.15, 0.2) is 8.32 Å². The zero-order valence-electron chi connectivity index (χ0n) is 16.6. The molecule has 0 aliphatic carbocycles. The van der Waals surface area contributed by atoms with Crippen molar-refractivity contribution in [2.24, 2.45) is 0 Å². The fraction of sp³-hybridized carbons (Fsp3) is 0.600. The molecular formula is C20H34O4Si. The van der Waals surface area contributed by atoms with Crippen molar-refractivity contribution in [2.75, 3.05) is 27.1 Å². The van der Waals surface area contributed by atoms with E-state index in [1.54, 1.807) is 13.2 Å². The molecule has 0 radical (unpaired) electrons. The van der Waals surface area contributed by atoms with Gasteiger partial charge >= 0.3 is 0 Å². The summed E-state index contributed by atoms with van der Waals surface area (Å²) >= 11 is 0. The molecule has 0 saturated heterocycles. The molecule has 2 atom stereocenters. The number of rotatable bonds is 11. The molecular weight excluding hydrogens is 332 g/mol. The number of benzene rings is 1. The number of hydrogen-bond acceptors (Lipinski definition) is 4. The van der Waals surface area contributed by atoms with Gasteiger partial charge in [0, 0.05) is 7.11 Å². The van der Waals surface area contributed by atoms with Crippen LogP contribution in [0.5, 0.6) is 0 Å². The first-order valence-corrected chi connectivity index (χ1v) is 11.7. The fourth-order valence-electron chi connectivity index (χ4n) is 2.07. The van der Waals surface area contributed by atoms with Crippen molar-refractivity contribution < 1.29 is 18.6 Å². The van der Waals surface area contributed by atoms with E-state index < -0.39 is 8.32 Å². The molecule has 0 aliphatic rings. The lowest BCUT2D eigenvalue weighted by Gasteiger charge is -2.41. The van der Waals surface area contributed by atoms with Gasteiger partial charge < -0.3 is 18.6 Å². The lowest BCUT2D eigenvalue weighted by atomic mass is 10.0. The van der Waals surface area contributed by atoms with Gasteiger partial charge in [0.25, 0.3) is 0 Å². The van der Waals surface area contributed by atoms with Gasteiger partial charge in [-0.05, 0) is 23.7 Å². The molecule has 0 bridgehead atoms. The largest absolute Gasteiger partial charge is 0.407 e. The first-order valence-electron chi connectivity index (χ1n) is 8.76. The van der Waals surface area contributed by atoms with Gasteiger partial charge in [-0.1, -0.05) is 57.2 Å². The van der Waals surface area contributed by atoms with Crippen LogP contribution in [0.15, 0.2) is 43.0 Å². The summed E-state index contributed by atoms with van der Waals surface area (Å²) < 4.78 is 23.0. The lowest BCUT2D eigenvalue weighted by Crippen LogP contribution is -2.44. The average Bonchev–Trinajstić information content (AvgIpc) is 2.56. The van der Waals surface area contributed by atoms with Gasteiger partial charge in [0.1, 0.15) is 19.0 Å². The van der Waals surface area contributed by atoms with Crippen LogP contribution in [0.3, 0.4) is 0 Å². The minimum atomic E-state index is -1.98. The topological polar surface area (TPSA) is 36.9 Å². The van der Waals surface area contributed by atoms with Gasteiger partial charge in [0.05, 0.1) is 13.2 Å². The number of methoxy groups -OCH3 is 1. The average molecular weight is 367 g/mol. The zero-order chi connectivity index (χ0) is 18.9. The zero-order valence-corrected chi connectivity index (χ0v) is 17.6. The summed E-state index contributed by atoms with van der Waals surface area (Å²) in [5.41, 5.74) is 1.09. The van der Waals surface area contributed by atoms with Crippen LogP contribution < -0.4 is 0 Å². The molecule has 1 rings (SSSR count). The van der Waals surface area contributed by atoms with Crippen LogP contribution in [-0.4, -0.2) is 41.5 Å². The minimum Gasteiger partial charge on any atom is -0.407 e. The van der Waals surface area contributed by atoms with Crippen molar-refractivity contribution in [2.45, 2.75) is 51.1 Å². The predicted molar refractivity (Wildman–Crippen MR) is 105 cm³/mol. The normalized spacial score (nSPS) is 15.0. The molecule has 4 nitrogen and oxygen atoms in total. The summed E-state index contributed by atoms with van der Waals surface area (Å²) in [6, 6.07) is 10.2. The van der Waals surface area contributed by atoms with Crippen LogP contribution in [0.1, 0.15) is 32.4 Å². The Kier molecular flexibility index (Phi) is 9.03. The second-order valence-corrected chi connectivity index (χ2v) is 12.4. The number of hydrogen-bond donors (Lipinski definition) is 0. The molecule has 0 aliphatic heterocycles. The molecule has 0 saturated carbocycles. The molecule has 1 aromatic carbocycles. The second kappa shape index (κ2) is 10.2. The summed E-state index contributed by atoms with van der Waals surface area (Å²) in [5.74, 6) is 0. The van der Waals surface area contributed by atoms with Crippen LogP contribution in [0.25, 0.3) is 0 Å². The van der Waals surface area contributed by atoms with Gasteiger partial charge in [-0.2, -0.15) is 0 Å². The maximum Gasteiger partial charge on any atom is 0.193 e. The van der Waals surface area contributed by atoms with Crippen molar-refractivity contribution in [3.63, 3.8) is 0 Å². The van der Waals surface area contributed by atoms with E-state index in [0.717, 1.165) is 5.56 Å². The molecule has 0 spiro atoms. The quantitative estimate of drug-likeness (QED) is 0.240. The lowest BCUT2D eigenvalue weighted by molar-refractivity contribution is -0.111. The highest BCUT2D eigenvalue weighted by molar-refractivity contribution is 6.74. The molecule has 0 heterocycles. The Balaban J connectivity index is 2.91. The molecule has 5 heteroatoms. The van der Waals surface area contributed by atoms with E-state index in [1.807, 2.05) is 18.2 Å². The summed E-state index contributed by atoms with van der Waals surface area (Å²) in [5, 5.41) is 0.112. The first-order chi connectivity index (χ1) is 11.7. The molecule has 0 amide bonds. The Hall–Kier alpha value is -0.983. The van der Waals surface area contributed by atoms with Crippen molar-refractivity contribution >= 4 is 8.32 Å². The summed E-state index contributed by atoms with van der Waals surface area (Å²) in [4.78, 5) is 0. The first kappa shape index (κ1) is 22.1. The maximum atomic E-state index is 6.68. The Morgan fingerprint density at radius 2 is 1.76 bits per heavy atom. The molecule has 1 aromatic rings. The van der Waals surface area contributed by atoms with E-state index in [1.165, 1.54) is 0 Å². The smallest absolute Gasteiger partial charge is 0.193 e. The van der Waals surface area contributed by atoms with E-state index in [-0.39, 0.29) is 24.0 Å². The van der Waals surface area contributed by atoms with Crippen molar-refractivity contribution in [3.8, 4) is 0 Å². The van der Waals surface area contributed by atoms with Crippen molar-refractivity contribution in [1.82, 2.24) is 0 Å². The SMILES string of the molecule is C=C[C@H](OCOCCOC)[C@@H](O[Si](C)(C)C(C)(C)C)c1ccccc1. The van der Waals surface area contributed by atoms with E-state index in [9.17, 15) is 0 Å². The number of ether oxygens (including phenoxy) is 3. The minimum absolute atomic E-state index is 0.112. The molecule has 0 aromatic heterocycles.